The zero-order chi connectivity index (χ0) is 16.0. The Bertz CT molecular complexity index is 543. The van der Waals surface area contributed by atoms with Crippen LogP contribution in [0.5, 0.6) is 0 Å². The highest BCUT2D eigenvalue weighted by atomic mass is 19.4. The third kappa shape index (κ3) is 5.45. The van der Waals surface area contributed by atoms with Crippen LogP contribution < -0.4 is 5.32 Å². The molecule has 0 atom stereocenters. The number of rotatable bonds is 6. The molecule has 1 aromatic heterocycles. The van der Waals surface area contributed by atoms with Crippen LogP contribution in [0.15, 0.2) is 0 Å². The summed E-state index contributed by atoms with van der Waals surface area (Å²) in [6.07, 6.45) is -3.77. The van der Waals surface area contributed by atoms with E-state index in [1.807, 2.05) is 18.3 Å². The van der Waals surface area contributed by atoms with Gasteiger partial charge in [-0.25, -0.2) is 0 Å². The summed E-state index contributed by atoms with van der Waals surface area (Å²) in [5.41, 5.74) is 2.41. The number of nitriles is 1. The second kappa shape index (κ2) is 7.11. The van der Waals surface area contributed by atoms with Crippen molar-refractivity contribution >= 4 is 5.91 Å². The number of hydrogen-bond acceptors (Lipinski definition) is 3. The normalized spacial score (nSPS) is 11.2. The largest absolute Gasteiger partial charge is 0.405 e. The van der Waals surface area contributed by atoms with Crippen LogP contribution in [0.3, 0.4) is 0 Å². The zero-order valence-corrected chi connectivity index (χ0v) is 11.9. The molecule has 0 saturated heterocycles. The first kappa shape index (κ1) is 17.0. The number of aryl methyl sites for hydroxylation is 2. The molecule has 0 aliphatic carbocycles. The second-order valence-electron chi connectivity index (χ2n) is 4.67. The number of nitrogens with zero attached hydrogens (tertiary/aromatic N) is 3. The molecule has 0 aromatic carbocycles. The molecule has 116 valence electrons. The molecule has 0 bridgehead atoms. The first-order chi connectivity index (χ1) is 9.74. The number of nitrogens with one attached hydrogen (secondary N) is 1. The maximum Gasteiger partial charge on any atom is 0.405 e. The lowest BCUT2D eigenvalue weighted by Crippen LogP contribution is -2.33. The van der Waals surface area contributed by atoms with Gasteiger partial charge in [-0.2, -0.15) is 23.5 Å². The molecule has 0 fully saturated rings. The van der Waals surface area contributed by atoms with Crippen molar-refractivity contribution in [3.8, 4) is 6.07 Å². The van der Waals surface area contributed by atoms with Crippen molar-refractivity contribution in [3.63, 3.8) is 0 Å². The molecule has 1 N–H and O–H groups in total. The molecule has 1 aromatic rings. The summed E-state index contributed by atoms with van der Waals surface area (Å²) < 4.78 is 37.6. The predicted molar refractivity (Wildman–Crippen MR) is 69.3 cm³/mol. The van der Waals surface area contributed by atoms with Crippen LogP contribution in [0.25, 0.3) is 0 Å². The number of hydrogen-bond donors (Lipinski definition) is 1. The SMILES string of the molecule is Cc1nn(CCC#N)c(C)c1CCC(=O)NCC(F)(F)F. The van der Waals surface area contributed by atoms with Crippen molar-refractivity contribution < 1.29 is 18.0 Å². The number of carbonyl (C=O) groups excluding carboxylic acids is 1. The zero-order valence-electron chi connectivity index (χ0n) is 11.9. The Hall–Kier alpha value is -2.04. The van der Waals surface area contributed by atoms with Gasteiger partial charge in [-0.05, 0) is 25.8 Å². The van der Waals surface area contributed by atoms with E-state index in [9.17, 15) is 18.0 Å². The molecular weight excluding hydrogens is 285 g/mol. The minimum atomic E-state index is -4.40. The topological polar surface area (TPSA) is 70.7 Å². The lowest BCUT2D eigenvalue weighted by atomic mass is 10.1. The minimum absolute atomic E-state index is 0.0261. The van der Waals surface area contributed by atoms with Gasteiger partial charge in [-0.15, -0.1) is 0 Å². The van der Waals surface area contributed by atoms with Gasteiger partial charge in [0.15, 0.2) is 0 Å². The molecule has 5 nitrogen and oxygen atoms in total. The van der Waals surface area contributed by atoms with Gasteiger partial charge in [0, 0.05) is 12.1 Å². The van der Waals surface area contributed by atoms with E-state index in [0.29, 0.717) is 19.4 Å². The van der Waals surface area contributed by atoms with Crippen molar-refractivity contribution in [2.24, 2.45) is 0 Å². The van der Waals surface area contributed by atoms with Crippen LogP contribution in [0.4, 0.5) is 13.2 Å². The number of halogens is 3. The predicted octanol–water partition coefficient (Wildman–Crippen LogP) is 2.02. The number of alkyl halides is 3. The van der Waals surface area contributed by atoms with Crippen LogP contribution in [0.1, 0.15) is 29.8 Å². The van der Waals surface area contributed by atoms with E-state index in [1.54, 1.807) is 11.6 Å². The third-order valence-electron chi connectivity index (χ3n) is 3.05. The fourth-order valence-electron chi connectivity index (χ4n) is 2.00. The molecule has 0 aliphatic heterocycles. The van der Waals surface area contributed by atoms with E-state index in [4.69, 9.17) is 5.26 Å². The number of aromatic nitrogens is 2. The molecule has 0 radical (unpaired) electrons. The van der Waals surface area contributed by atoms with Gasteiger partial charge in [0.25, 0.3) is 0 Å². The Morgan fingerprint density at radius 3 is 2.67 bits per heavy atom. The van der Waals surface area contributed by atoms with E-state index < -0.39 is 18.6 Å². The Balaban J connectivity index is 2.57. The highest BCUT2D eigenvalue weighted by molar-refractivity contribution is 5.76. The molecule has 1 rings (SSSR count). The van der Waals surface area contributed by atoms with E-state index >= 15 is 0 Å². The molecule has 1 heterocycles. The summed E-state index contributed by atoms with van der Waals surface area (Å²) in [6, 6.07) is 2.02. The summed E-state index contributed by atoms with van der Waals surface area (Å²) >= 11 is 0. The van der Waals surface area contributed by atoms with E-state index in [2.05, 4.69) is 5.10 Å². The number of carbonyl (C=O) groups is 1. The number of amides is 1. The minimum Gasteiger partial charge on any atom is -0.347 e. The quantitative estimate of drug-likeness (QED) is 0.874. The third-order valence-corrected chi connectivity index (χ3v) is 3.05. The molecule has 21 heavy (non-hydrogen) atoms. The van der Waals surface area contributed by atoms with Gasteiger partial charge in [-0.3, -0.25) is 9.48 Å². The molecule has 0 spiro atoms. The average molecular weight is 302 g/mol. The van der Waals surface area contributed by atoms with Crippen LogP contribution in [-0.2, 0) is 17.8 Å². The molecule has 0 saturated carbocycles. The van der Waals surface area contributed by atoms with Crippen molar-refractivity contribution in [3.05, 3.63) is 17.0 Å². The Morgan fingerprint density at radius 2 is 2.10 bits per heavy atom. The van der Waals surface area contributed by atoms with Crippen molar-refractivity contribution in [1.29, 1.82) is 5.26 Å². The molecule has 0 aliphatic rings. The van der Waals surface area contributed by atoms with E-state index in [0.717, 1.165) is 17.0 Å². The van der Waals surface area contributed by atoms with Gasteiger partial charge in [-0.1, -0.05) is 0 Å². The average Bonchev–Trinajstić information content (AvgIpc) is 2.66. The van der Waals surface area contributed by atoms with Crippen LogP contribution in [-0.4, -0.2) is 28.4 Å². The van der Waals surface area contributed by atoms with Gasteiger partial charge >= 0.3 is 6.18 Å². The fourth-order valence-corrected chi connectivity index (χ4v) is 2.00. The Kier molecular flexibility index (Phi) is 5.76. The monoisotopic (exact) mass is 302 g/mol. The second-order valence-corrected chi connectivity index (χ2v) is 4.67. The van der Waals surface area contributed by atoms with E-state index in [1.165, 1.54) is 0 Å². The Labute approximate surface area is 120 Å². The summed E-state index contributed by atoms with van der Waals surface area (Å²) in [4.78, 5) is 11.4. The van der Waals surface area contributed by atoms with Crippen LogP contribution in [0.2, 0.25) is 0 Å². The molecule has 1 amide bonds. The van der Waals surface area contributed by atoms with Gasteiger partial charge in [0.05, 0.1) is 24.7 Å². The lowest BCUT2D eigenvalue weighted by Gasteiger charge is -2.08. The molecule has 8 heteroatoms. The summed E-state index contributed by atoms with van der Waals surface area (Å²) in [6.45, 7) is 2.74. The summed E-state index contributed by atoms with van der Waals surface area (Å²) in [5.74, 6) is -0.643. The van der Waals surface area contributed by atoms with Crippen LogP contribution >= 0.6 is 0 Å². The van der Waals surface area contributed by atoms with Crippen molar-refractivity contribution in [1.82, 2.24) is 15.1 Å². The van der Waals surface area contributed by atoms with Crippen molar-refractivity contribution in [2.75, 3.05) is 6.54 Å². The highest BCUT2D eigenvalue weighted by Crippen LogP contribution is 2.16. The fraction of sp³-hybridized carbons (Fsp3) is 0.615. The summed E-state index contributed by atoms with van der Waals surface area (Å²) in [5, 5.41) is 14.7. The molecular formula is C13H17F3N4O. The van der Waals surface area contributed by atoms with E-state index in [-0.39, 0.29) is 6.42 Å². The lowest BCUT2D eigenvalue weighted by molar-refractivity contribution is -0.138. The Morgan fingerprint density at radius 1 is 1.43 bits per heavy atom. The first-order valence-electron chi connectivity index (χ1n) is 6.48. The van der Waals surface area contributed by atoms with Gasteiger partial charge < -0.3 is 5.32 Å². The van der Waals surface area contributed by atoms with Crippen molar-refractivity contribution in [2.45, 2.75) is 45.8 Å². The first-order valence-corrected chi connectivity index (χ1v) is 6.48. The van der Waals surface area contributed by atoms with Gasteiger partial charge in [0.2, 0.25) is 5.91 Å². The molecule has 0 unspecified atom stereocenters. The maximum absolute atomic E-state index is 12.0. The van der Waals surface area contributed by atoms with Gasteiger partial charge in [0.1, 0.15) is 6.54 Å². The van der Waals surface area contributed by atoms with Crippen LogP contribution in [0, 0.1) is 25.2 Å². The highest BCUT2D eigenvalue weighted by Gasteiger charge is 2.27. The maximum atomic E-state index is 12.0. The summed E-state index contributed by atoms with van der Waals surface area (Å²) in [7, 11) is 0. The standard InChI is InChI=1S/C13H17F3N4O/c1-9-11(10(2)20(19-9)7-3-6-17)4-5-12(21)18-8-13(14,15)16/h3-5,7-8H2,1-2H3,(H,18,21). The smallest absolute Gasteiger partial charge is 0.347 e.